The van der Waals surface area contributed by atoms with E-state index in [1.54, 1.807) is 0 Å². The monoisotopic (exact) mass is 292 g/mol. The molecule has 0 saturated carbocycles. The highest BCUT2D eigenvalue weighted by atomic mass is 35.5. The predicted molar refractivity (Wildman–Crippen MR) is 66.5 cm³/mol. The van der Waals surface area contributed by atoms with Crippen molar-refractivity contribution in [2.75, 3.05) is 7.05 Å². The second-order valence-corrected chi connectivity index (χ2v) is 6.21. The molecular weight excluding hydrogens is 283 g/mol. The van der Waals surface area contributed by atoms with Gasteiger partial charge in [-0.15, -0.1) is 0 Å². The largest absolute Gasteiger partial charge is 0.244 e. The minimum Gasteiger partial charge on any atom is -0.207 e. The van der Waals surface area contributed by atoms with Gasteiger partial charge in [-0.2, -0.15) is 9.57 Å². The number of hydrogen-bond donors (Lipinski definition) is 0. The molecule has 1 rings (SSSR count). The highest BCUT2D eigenvalue weighted by Gasteiger charge is 2.25. The standard InChI is InChI=1S/C10H10Cl2N2O2S/c1-7(6-13)14(2)17(15,16)8-3-4-9(11)10(12)5-8/h3-5,7H,1-2H3. The molecule has 0 radical (unpaired) electrons. The molecule has 0 spiro atoms. The van der Waals surface area contributed by atoms with Crippen LogP contribution in [0.3, 0.4) is 0 Å². The van der Waals surface area contributed by atoms with Crippen molar-refractivity contribution in [3.8, 4) is 6.07 Å². The summed E-state index contributed by atoms with van der Waals surface area (Å²) in [5, 5.41) is 9.15. The van der Waals surface area contributed by atoms with Crippen LogP contribution in [0.4, 0.5) is 0 Å². The van der Waals surface area contributed by atoms with Crippen molar-refractivity contribution in [3.63, 3.8) is 0 Å². The van der Waals surface area contributed by atoms with Gasteiger partial charge in [-0.25, -0.2) is 8.42 Å². The van der Waals surface area contributed by atoms with E-state index in [0.717, 1.165) is 4.31 Å². The second-order valence-electron chi connectivity index (χ2n) is 3.40. The fourth-order valence-corrected chi connectivity index (χ4v) is 2.76. The van der Waals surface area contributed by atoms with E-state index < -0.39 is 16.1 Å². The molecule has 0 N–H and O–H groups in total. The first kappa shape index (κ1) is 14.3. The van der Waals surface area contributed by atoms with Crippen molar-refractivity contribution in [1.82, 2.24) is 4.31 Å². The van der Waals surface area contributed by atoms with E-state index in [1.165, 1.54) is 32.2 Å². The molecule has 0 amide bonds. The number of rotatable bonds is 3. The number of sulfonamides is 1. The van der Waals surface area contributed by atoms with Gasteiger partial charge >= 0.3 is 0 Å². The van der Waals surface area contributed by atoms with Gasteiger partial charge in [0.15, 0.2) is 0 Å². The van der Waals surface area contributed by atoms with E-state index in [9.17, 15) is 8.42 Å². The van der Waals surface area contributed by atoms with Crippen molar-refractivity contribution in [2.45, 2.75) is 17.9 Å². The van der Waals surface area contributed by atoms with Crippen LogP contribution < -0.4 is 0 Å². The SMILES string of the molecule is CC(C#N)N(C)S(=O)(=O)c1ccc(Cl)c(Cl)c1. The Labute approximate surface area is 110 Å². The summed E-state index contributed by atoms with van der Waals surface area (Å²) in [4.78, 5) is 0.0106. The molecule has 0 saturated heterocycles. The third-order valence-electron chi connectivity index (χ3n) is 2.30. The zero-order valence-electron chi connectivity index (χ0n) is 9.18. The topological polar surface area (TPSA) is 61.2 Å². The maximum atomic E-state index is 12.1. The van der Waals surface area contributed by atoms with Gasteiger partial charge < -0.3 is 0 Å². The van der Waals surface area contributed by atoms with Crippen molar-refractivity contribution in [2.24, 2.45) is 0 Å². The lowest BCUT2D eigenvalue weighted by molar-refractivity contribution is 0.442. The molecule has 0 heterocycles. The maximum Gasteiger partial charge on any atom is 0.244 e. The number of nitriles is 1. The Balaban J connectivity index is 3.23. The average molecular weight is 293 g/mol. The number of nitrogens with zero attached hydrogens (tertiary/aromatic N) is 2. The van der Waals surface area contributed by atoms with Crippen LogP contribution in [0, 0.1) is 11.3 Å². The van der Waals surface area contributed by atoms with Crippen LogP contribution in [0.5, 0.6) is 0 Å². The fourth-order valence-electron chi connectivity index (χ4n) is 1.09. The van der Waals surface area contributed by atoms with Crippen molar-refractivity contribution in [1.29, 1.82) is 5.26 Å². The van der Waals surface area contributed by atoms with Crippen LogP contribution in [0.15, 0.2) is 23.1 Å². The van der Waals surface area contributed by atoms with Crippen LogP contribution in [0.1, 0.15) is 6.92 Å². The Hall–Kier alpha value is -0.800. The highest BCUT2D eigenvalue weighted by molar-refractivity contribution is 7.89. The smallest absolute Gasteiger partial charge is 0.207 e. The number of benzene rings is 1. The van der Waals surface area contributed by atoms with Crippen LogP contribution in [-0.4, -0.2) is 25.8 Å². The molecule has 0 aliphatic heterocycles. The van der Waals surface area contributed by atoms with Crippen LogP contribution in [-0.2, 0) is 10.0 Å². The molecule has 0 aliphatic rings. The molecule has 0 aromatic heterocycles. The molecule has 1 aromatic carbocycles. The third-order valence-corrected chi connectivity index (χ3v) is 4.96. The van der Waals surface area contributed by atoms with Gasteiger partial charge in [-0.3, -0.25) is 0 Å². The van der Waals surface area contributed by atoms with Gasteiger partial charge in [-0.1, -0.05) is 23.2 Å². The molecule has 1 aromatic rings. The molecule has 92 valence electrons. The van der Waals surface area contributed by atoms with E-state index in [2.05, 4.69) is 0 Å². The Morgan fingerprint density at radius 1 is 1.35 bits per heavy atom. The summed E-state index contributed by atoms with van der Waals surface area (Å²) in [6.07, 6.45) is 0. The summed E-state index contributed by atoms with van der Waals surface area (Å²) in [5.74, 6) is 0. The fraction of sp³-hybridized carbons (Fsp3) is 0.300. The second kappa shape index (κ2) is 5.23. The van der Waals surface area contributed by atoms with E-state index in [0.29, 0.717) is 0 Å². The first-order chi connectivity index (χ1) is 7.80. The van der Waals surface area contributed by atoms with Gasteiger partial charge in [0, 0.05) is 7.05 Å². The molecule has 4 nitrogen and oxygen atoms in total. The highest BCUT2D eigenvalue weighted by Crippen LogP contribution is 2.26. The molecule has 0 aliphatic carbocycles. The lowest BCUT2D eigenvalue weighted by Gasteiger charge is -2.19. The van der Waals surface area contributed by atoms with Gasteiger partial charge in [0.25, 0.3) is 0 Å². The lowest BCUT2D eigenvalue weighted by atomic mass is 10.4. The molecule has 7 heteroatoms. The Kier molecular flexibility index (Phi) is 4.39. The predicted octanol–water partition coefficient (Wildman–Crippen LogP) is 2.53. The molecule has 17 heavy (non-hydrogen) atoms. The first-order valence-electron chi connectivity index (χ1n) is 4.63. The molecule has 1 unspecified atom stereocenters. The Morgan fingerprint density at radius 2 is 1.94 bits per heavy atom. The van der Waals surface area contributed by atoms with E-state index in [1.807, 2.05) is 6.07 Å². The Bertz CT molecular complexity index is 566. The van der Waals surface area contributed by atoms with Crippen molar-refractivity contribution < 1.29 is 8.42 Å². The molecule has 0 bridgehead atoms. The van der Waals surface area contributed by atoms with Crippen molar-refractivity contribution in [3.05, 3.63) is 28.2 Å². The van der Waals surface area contributed by atoms with Crippen LogP contribution in [0.25, 0.3) is 0 Å². The summed E-state index contributed by atoms with van der Waals surface area (Å²) in [6, 6.07) is 5.12. The minimum atomic E-state index is -3.72. The first-order valence-corrected chi connectivity index (χ1v) is 6.83. The normalized spacial score (nSPS) is 13.4. The van der Waals surface area contributed by atoms with Gasteiger partial charge in [0.1, 0.15) is 6.04 Å². The van der Waals surface area contributed by atoms with Gasteiger partial charge in [-0.05, 0) is 25.1 Å². The number of hydrogen-bond acceptors (Lipinski definition) is 3. The summed E-state index contributed by atoms with van der Waals surface area (Å²) in [7, 11) is -2.38. The summed E-state index contributed by atoms with van der Waals surface area (Å²) >= 11 is 11.5. The lowest BCUT2D eigenvalue weighted by Crippen LogP contribution is -2.34. The van der Waals surface area contributed by atoms with Crippen LogP contribution in [0.2, 0.25) is 10.0 Å². The van der Waals surface area contributed by atoms with Gasteiger partial charge in [0.05, 0.1) is 21.0 Å². The Morgan fingerprint density at radius 3 is 2.41 bits per heavy atom. The molecule has 0 fully saturated rings. The number of halogens is 2. The zero-order chi connectivity index (χ0) is 13.2. The van der Waals surface area contributed by atoms with E-state index in [4.69, 9.17) is 28.5 Å². The zero-order valence-corrected chi connectivity index (χ0v) is 11.5. The van der Waals surface area contributed by atoms with Crippen molar-refractivity contribution >= 4 is 33.2 Å². The minimum absolute atomic E-state index is 0.0106. The average Bonchev–Trinajstić information content (AvgIpc) is 2.30. The van der Waals surface area contributed by atoms with E-state index >= 15 is 0 Å². The maximum absolute atomic E-state index is 12.1. The summed E-state index contributed by atoms with van der Waals surface area (Å²) in [6.45, 7) is 1.50. The third kappa shape index (κ3) is 2.90. The quantitative estimate of drug-likeness (QED) is 0.860. The van der Waals surface area contributed by atoms with E-state index in [-0.39, 0.29) is 14.9 Å². The summed E-state index contributed by atoms with van der Waals surface area (Å²) < 4.78 is 25.1. The molecular formula is C10H10Cl2N2O2S. The van der Waals surface area contributed by atoms with Gasteiger partial charge in [0.2, 0.25) is 10.0 Å². The molecule has 1 atom stereocenters. The summed E-state index contributed by atoms with van der Waals surface area (Å²) in [5.41, 5.74) is 0. The van der Waals surface area contributed by atoms with Crippen LogP contribution >= 0.6 is 23.2 Å².